The van der Waals surface area contributed by atoms with Crippen LogP contribution in [0.15, 0.2) is 36.4 Å². The van der Waals surface area contributed by atoms with Gasteiger partial charge in [0, 0.05) is 17.7 Å². The zero-order valence-electron chi connectivity index (χ0n) is 14.4. The van der Waals surface area contributed by atoms with Crippen LogP contribution in [0.5, 0.6) is 5.75 Å². The molecule has 0 saturated heterocycles. The molecule has 1 aromatic carbocycles. The maximum atomic E-state index is 13.4. The van der Waals surface area contributed by atoms with Crippen molar-refractivity contribution in [2.24, 2.45) is 0 Å². The van der Waals surface area contributed by atoms with Crippen molar-refractivity contribution in [3.63, 3.8) is 0 Å². The Morgan fingerprint density at radius 1 is 1.00 bits per heavy atom. The molecule has 0 aliphatic carbocycles. The predicted octanol–water partition coefficient (Wildman–Crippen LogP) is 5.52. The third-order valence-electron chi connectivity index (χ3n) is 5.14. The molecule has 4 aromatic rings. The van der Waals surface area contributed by atoms with Crippen LogP contribution < -0.4 is 4.74 Å². The van der Waals surface area contributed by atoms with E-state index in [0.29, 0.717) is 0 Å². The second-order valence-corrected chi connectivity index (χ2v) is 6.31. The first-order valence-electron chi connectivity index (χ1n) is 8.26. The molecule has 3 aromatic heterocycles. The number of rotatable bonds is 3. The van der Waals surface area contributed by atoms with E-state index in [9.17, 15) is 4.39 Å². The van der Waals surface area contributed by atoms with Crippen LogP contribution in [0.4, 0.5) is 4.39 Å². The van der Waals surface area contributed by atoms with E-state index < -0.39 is 0 Å². The third kappa shape index (κ3) is 1.87. The van der Waals surface area contributed by atoms with Gasteiger partial charge in [-0.25, -0.2) is 4.39 Å². The first kappa shape index (κ1) is 15.0. The highest BCUT2D eigenvalue weighted by Gasteiger charge is 2.23. The number of aryl methyl sites for hydroxylation is 3. The lowest BCUT2D eigenvalue weighted by Gasteiger charge is -2.07. The maximum Gasteiger partial charge on any atom is 0.123 e. The van der Waals surface area contributed by atoms with E-state index in [2.05, 4.69) is 37.3 Å². The number of aromatic nitrogens is 1. The van der Waals surface area contributed by atoms with Gasteiger partial charge in [0.15, 0.2) is 0 Å². The number of ether oxygens (including phenoxy) is 1. The van der Waals surface area contributed by atoms with E-state index in [-0.39, 0.29) is 5.82 Å². The number of methoxy groups -OCH3 is 1. The Kier molecular flexibility index (Phi) is 3.27. The lowest BCUT2D eigenvalue weighted by atomic mass is 9.97. The molecule has 0 unspecified atom stereocenters. The quantitative estimate of drug-likeness (QED) is 0.484. The van der Waals surface area contributed by atoms with Gasteiger partial charge in [-0.2, -0.15) is 0 Å². The average Bonchev–Trinajstić information content (AvgIpc) is 3.06. The van der Waals surface area contributed by atoms with E-state index >= 15 is 0 Å². The van der Waals surface area contributed by atoms with E-state index in [4.69, 9.17) is 4.74 Å². The van der Waals surface area contributed by atoms with E-state index in [1.165, 1.54) is 50.9 Å². The van der Waals surface area contributed by atoms with Crippen molar-refractivity contribution in [3.8, 4) is 16.9 Å². The molecule has 2 nitrogen and oxygen atoms in total. The lowest BCUT2D eigenvalue weighted by molar-refractivity contribution is 0.415. The van der Waals surface area contributed by atoms with Gasteiger partial charge in [-0.1, -0.05) is 19.1 Å². The highest BCUT2D eigenvalue weighted by atomic mass is 19.1. The van der Waals surface area contributed by atoms with Gasteiger partial charge in [0.2, 0.25) is 0 Å². The molecule has 4 rings (SSSR count). The van der Waals surface area contributed by atoms with E-state index in [1.54, 1.807) is 7.11 Å². The molecule has 0 fully saturated rings. The number of nitrogens with zero attached hydrogens (tertiary/aromatic N) is 1. The fourth-order valence-corrected chi connectivity index (χ4v) is 3.82. The van der Waals surface area contributed by atoms with Gasteiger partial charge in [-0.3, -0.25) is 0 Å². The summed E-state index contributed by atoms with van der Waals surface area (Å²) in [5.41, 5.74) is 9.67. The predicted molar refractivity (Wildman–Crippen MR) is 96.9 cm³/mol. The highest BCUT2D eigenvalue weighted by Crippen LogP contribution is 2.42. The minimum Gasteiger partial charge on any atom is -0.497 e. The molecule has 122 valence electrons. The summed E-state index contributed by atoms with van der Waals surface area (Å²) in [6, 6.07) is 11.0. The lowest BCUT2D eigenvalue weighted by Crippen LogP contribution is -1.90. The van der Waals surface area contributed by atoms with E-state index in [0.717, 1.165) is 17.7 Å². The molecule has 0 saturated carbocycles. The van der Waals surface area contributed by atoms with Crippen molar-refractivity contribution in [2.75, 3.05) is 7.11 Å². The third-order valence-corrected chi connectivity index (χ3v) is 5.14. The summed E-state index contributed by atoms with van der Waals surface area (Å²) >= 11 is 0. The van der Waals surface area contributed by atoms with Crippen LogP contribution in [0.25, 0.3) is 27.7 Å². The molecular formula is C21H20FNO. The van der Waals surface area contributed by atoms with Crippen LogP contribution in [-0.4, -0.2) is 11.5 Å². The van der Waals surface area contributed by atoms with Crippen LogP contribution in [0.3, 0.4) is 0 Å². The van der Waals surface area contributed by atoms with Crippen LogP contribution in [0.2, 0.25) is 0 Å². The van der Waals surface area contributed by atoms with E-state index in [1.807, 2.05) is 12.1 Å². The SMILES string of the molecule is CCc1c(-c2ccc(F)cc2)c2c(C)c(C)c3cc(OC)cc1n32. The van der Waals surface area contributed by atoms with Crippen molar-refractivity contribution in [1.29, 1.82) is 0 Å². The Balaban J connectivity index is 2.20. The summed E-state index contributed by atoms with van der Waals surface area (Å²) in [6.07, 6.45) is 0.912. The van der Waals surface area contributed by atoms with Crippen molar-refractivity contribution in [2.45, 2.75) is 27.2 Å². The molecule has 0 radical (unpaired) electrons. The Labute approximate surface area is 140 Å². The number of halogens is 1. The van der Waals surface area contributed by atoms with Crippen molar-refractivity contribution in [3.05, 3.63) is 58.9 Å². The topological polar surface area (TPSA) is 13.6 Å². The minimum atomic E-state index is -0.206. The summed E-state index contributed by atoms with van der Waals surface area (Å²) in [4.78, 5) is 0. The van der Waals surface area contributed by atoms with Crippen LogP contribution >= 0.6 is 0 Å². The molecule has 0 aliphatic heterocycles. The largest absolute Gasteiger partial charge is 0.497 e. The summed E-state index contributed by atoms with van der Waals surface area (Å²) in [5, 5.41) is 0. The molecule has 0 atom stereocenters. The Hall–Kier alpha value is -2.55. The molecule has 3 heteroatoms. The van der Waals surface area contributed by atoms with Crippen LogP contribution in [0.1, 0.15) is 23.6 Å². The Bertz CT molecular complexity index is 1040. The van der Waals surface area contributed by atoms with Gasteiger partial charge >= 0.3 is 0 Å². The fourth-order valence-electron chi connectivity index (χ4n) is 3.82. The molecule has 0 amide bonds. The number of hydrogen-bond donors (Lipinski definition) is 0. The highest BCUT2D eigenvalue weighted by molar-refractivity contribution is 5.98. The van der Waals surface area contributed by atoms with Gasteiger partial charge < -0.3 is 9.14 Å². The van der Waals surface area contributed by atoms with Crippen molar-refractivity contribution in [1.82, 2.24) is 4.40 Å². The number of benzene rings is 1. The fraction of sp³-hybridized carbons (Fsp3) is 0.238. The molecular weight excluding hydrogens is 301 g/mol. The number of hydrogen-bond acceptors (Lipinski definition) is 1. The second kappa shape index (κ2) is 5.23. The zero-order valence-corrected chi connectivity index (χ0v) is 14.4. The molecule has 0 aliphatic rings. The monoisotopic (exact) mass is 321 g/mol. The summed E-state index contributed by atoms with van der Waals surface area (Å²) in [6.45, 7) is 6.48. The second-order valence-electron chi connectivity index (χ2n) is 6.31. The van der Waals surface area contributed by atoms with Crippen LogP contribution in [-0.2, 0) is 6.42 Å². The molecule has 0 spiro atoms. The van der Waals surface area contributed by atoms with Gasteiger partial charge in [-0.15, -0.1) is 0 Å². The summed E-state index contributed by atoms with van der Waals surface area (Å²) in [5.74, 6) is 0.666. The Morgan fingerprint density at radius 2 is 1.67 bits per heavy atom. The summed E-state index contributed by atoms with van der Waals surface area (Å²) < 4.78 is 21.2. The molecule has 24 heavy (non-hydrogen) atoms. The Morgan fingerprint density at radius 3 is 2.29 bits per heavy atom. The molecule has 3 heterocycles. The zero-order chi connectivity index (χ0) is 17.0. The normalized spacial score (nSPS) is 11.7. The van der Waals surface area contributed by atoms with Gasteiger partial charge in [0.05, 0.1) is 23.7 Å². The van der Waals surface area contributed by atoms with Crippen molar-refractivity contribution >= 4 is 16.6 Å². The first-order valence-corrected chi connectivity index (χ1v) is 8.26. The summed E-state index contributed by atoms with van der Waals surface area (Å²) in [7, 11) is 1.70. The van der Waals surface area contributed by atoms with Crippen LogP contribution in [0, 0.1) is 19.7 Å². The standard InChI is InChI=1S/C21H20FNO/c1-5-17-19-11-16(24-4)10-18-12(2)13(3)21(23(18)19)20(17)14-6-8-15(22)9-7-14/h6-11H,5H2,1-4H3. The minimum absolute atomic E-state index is 0.206. The smallest absolute Gasteiger partial charge is 0.123 e. The van der Waals surface area contributed by atoms with Crippen molar-refractivity contribution < 1.29 is 9.13 Å². The maximum absolute atomic E-state index is 13.4. The average molecular weight is 321 g/mol. The molecule has 0 bridgehead atoms. The molecule has 0 N–H and O–H groups in total. The first-order chi connectivity index (χ1) is 11.6. The van der Waals surface area contributed by atoms with Gasteiger partial charge in [0.25, 0.3) is 0 Å². The number of pyridine rings is 1. The van der Waals surface area contributed by atoms with Gasteiger partial charge in [0.1, 0.15) is 11.6 Å². The van der Waals surface area contributed by atoms with Gasteiger partial charge in [-0.05, 0) is 54.7 Å².